The number of aromatic amines is 1. The highest BCUT2D eigenvalue weighted by atomic mass is 19.1. The van der Waals surface area contributed by atoms with Gasteiger partial charge in [0.05, 0.1) is 30.0 Å². The van der Waals surface area contributed by atoms with Crippen molar-refractivity contribution in [2.24, 2.45) is 10.9 Å². The molecule has 2 N–H and O–H groups in total. The molecule has 0 bridgehead atoms. The van der Waals surface area contributed by atoms with Gasteiger partial charge in [-0.2, -0.15) is 0 Å². The van der Waals surface area contributed by atoms with Crippen molar-refractivity contribution in [3.05, 3.63) is 53.8 Å². The Kier molecular flexibility index (Phi) is 5.20. The third-order valence-corrected chi connectivity index (χ3v) is 5.37. The summed E-state index contributed by atoms with van der Waals surface area (Å²) in [6, 6.07) is 12.3. The summed E-state index contributed by atoms with van der Waals surface area (Å²) in [6.07, 6.45) is 2.82. The minimum atomic E-state index is -0.362. The Morgan fingerprint density at radius 1 is 1.28 bits per heavy atom. The van der Waals surface area contributed by atoms with E-state index in [-0.39, 0.29) is 23.6 Å². The first-order chi connectivity index (χ1) is 14.1. The summed E-state index contributed by atoms with van der Waals surface area (Å²) >= 11 is 0. The molecule has 6 nitrogen and oxygen atoms in total. The summed E-state index contributed by atoms with van der Waals surface area (Å²) in [7, 11) is 1.39. The van der Waals surface area contributed by atoms with Gasteiger partial charge in [-0.1, -0.05) is 18.2 Å². The summed E-state index contributed by atoms with van der Waals surface area (Å²) < 4.78 is 19.5. The van der Waals surface area contributed by atoms with E-state index in [1.165, 1.54) is 19.4 Å². The number of halogens is 1. The average Bonchev–Trinajstić information content (AvgIpc) is 3.07. The second-order valence-electron chi connectivity index (χ2n) is 7.11. The number of para-hydroxylation sites is 1. The number of esters is 1. The van der Waals surface area contributed by atoms with Crippen molar-refractivity contribution in [2.75, 3.05) is 25.1 Å². The van der Waals surface area contributed by atoms with Crippen molar-refractivity contribution in [1.82, 2.24) is 4.98 Å². The Balaban J connectivity index is 1.50. The maximum Gasteiger partial charge on any atom is 0.308 e. The lowest BCUT2D eigenvalue weighted by molar-refractivity contribution is -0.146. The third kappa shape index (κ3) is 3.81. The van der Waals surface area contributed by atoms with Gasteiger partial charge in [-0.05, 0) is 31.0 Å². The molecule has 1 aliphatic heterocycles. The number of nitrogens with zero attached hydrogens (tertiary/aromatic N) is 2. The predicted octanol–water partition coefficient (Wildman–Crippen LogP) is 4.15. The molecule has 2 aromatic carbocycles. The lowest BCUT2D eigenvalue weighted by Crippen LogP contribution is -2.37. The molecule has 7 heteroatoms. The van der Waals surface area contributed by atoms with E-state index in [9.17, 15) is 14.3 Å². The summed E-state index contributed by atoms with van der Waals surface area (Å²) in [5, 5.41) is 10.9. The SMILES string of the molecule is COC(=O)C1CCN(c2ccc(N=Cc3c(O)[nH]c4ccccc34)cc2F)CC1. The first-order valence-electron chi connectivity index (χ1n) is 9.53. The summed E-state index contributed by atoms with van der Waals surface area (Å²) in [6.45, 7) is 1.20. The molecule has 0 saturated carbocycles. The second-order valence-corrected chi connectivity index (χ2v) is 7.11. The second kappa shape index (κ2) is 7.95. The highest BCUT2D eigenvalue weighted by Crippen LogP contribution is 2.30. The molecular weight excluding hydrogens is 373 g/mol. The monoisotopic (exact) mass is 395 g/mol. The molecule has 4 rings (SSSR count). The number of hydrogen-bond acceptors (Lipinski definition) is 5. The highest BCUT2D eigenvalue weighted by molar-refractivity contribution is 6.02. The number of hydrogen-bond donors (Lipinski definition) is 2. The van der Waals surface area contributed by atoms with Crippen LogP contribution in [0.4, 0.5) is 15.8 Å². The van der Waals surface area contributed by atoms with Gasteiger partial charge < -0.3 is 19.7 Å². The molecule has 1 fully saturated rings. The number of benzene rings is 2. The van der Waals surface area contributed by atoms with E-state index in [4.69, 9.17) is 4.74 Å². The van der Waals surface area contributed by atoms with Crippen molar-refractivity contribution < 1.29 is 19.0 Å². The van der Waals surface area contributed by atoms with E-state index in [0.29, 0.717) is 42.9 Å². The normalized spacial score (nSPS) is 15.3. The minimum absolute atomic E-state index is 0.0283. The van der Waals surface area contributed by atoms with Gasteiger partial charge >= 0.3 is 5.97 Å². The van der Waals surface area contributed by atoms with Crippen LogP contribution in [-0.2, 0) is 9.53 Å². The largest absolute Gasteiger partial charge is 0.494 e. The van der Waals surface area contributed by atoms with Gasteiger partial charge in [-0.15, -0.1) is 0 Å². The number of carbonyl (C=O) groups excluding carboxylic acids is 1. The van der Waals surface area contributed by atoms with E-state index in [1.54, 1.807) is 12.1 Å². The average molecular weight is 395 g/mol. The number of carbonyl (C=O) groups is 1. The summed E-state index contributed by atoms with van der Waals surface area (Å²) in [4.78, 5) is 20.8. The van der Waals surface area contributed by atoms with E-state index in [2.05, 4.69) is 9.98 Å². The van der Waals surface area contributed by atoms with E-state index in [1.807, 2.05) is 29.2 Å². The number of aromatic nitrogens is 1. The number of rotatable bonds is 4. The number of methoxy groups -OCH3 is 1. The Morgan fingerprint density at radius 3 is 2.76 bits per heavy atom. The fourth-order valence-corrected chi connectivity index (χ4v) is 3.77. The summed E-state index contributed by atoms with van der Waals surface area (Å²) in [5.41, 5.74) is 2.33. The molecule has 0 radical (unpaired) electrons. The van der Waals surface area contributed by atoms with Crippen LogP contribution >= 0.6 is 0 Å². The number of aliphatic imine (C=N–C) groups is 1. The lowest BCUT2D eigenvalue weighted by Gasteiger charge is -2.32. The molecule has 1 aliphatic rings. The Labute approximate surface area is 167 Å². The minimum Gasteiger partial charge on any atom is -0.494 e. The third-order valence-electron chi connectivity index (χ3n) is 5.37. The van der Waals surface area contributed by atoms with Gasteiger partial charge in [0, 0.05) is 36.3 Å². The number of ether oxygens (including phenoxy) is 1. The zero-order chi connectivity index (χ0) is 20.4. The highest BCUT2D eigenvalue weighted by Gasteiger charge is 2.26. The van der Waals surface area contributed by atoms with Gasteiger partial charge in [0.25, 0.3) is 0 Å². The Bertz CT molecular complexity index is 1070. The number of H-pyrrole nitrogens is 1. The molecule has 0 aliphatic carbocycles. The van der Waals surface area contributed by atoms with Gasteiger partial charge in [-0.25, -0.2) is 4.39 Å². The van der Waals surface area contributed by atoms with E-state index >= 15 is 0 Å². The van der Waals surface area contributed by atoms with Crippen LogP contribution in [-0.4, -0.2) is 42.5 Å². The van der Waals surface area contributed by atoms with Crippen LogP contribution in [0.2, 0.25) is 0 Å². The van der Waals surface area contributed by atoms with Crippen LogP contribution in [0.15, 0.2) is 47.5 Å². The van der Waals surface area contributed by atoms with Crippen molar-refractivity contribution in [3.63, 3.8) is 0 Å². The number of anilines is 1. The van der Waals surface area contributed by atoms with E-state index in [0.717, 1.165) is 10.9 Å². The fraction of sp³-hybridized carbons (Fsp3) is 0.273. The van der Waals surface area contributed by atoms with Gasteiger partial charge in [0.15, 0.2) is 5.88 Å². The Hall–Kier alpha value is -3.35. The lowest BCUT2D eigenvalue weighted by atomic mass is 9.96. The topological polar surface area (TPSA) is 77.9 Å². The molecule has 0 atom stereocenters. The van der Waals surface area contributed by atoms with Crippen molar-refractivity contribution in [3.8, 4) is 5.88 Å². The number of fused-ring (bicyclic) bond motifs is 1. The molecule has 150 valence electrons. The Morgan fingerprint density at radius 2 is 2.03 bits per heavy atom. The zero-order valence-corrected chi connectivity index (χ0v) is 16.1. The van der Waals surface area contributed by atoms with Crippen LogP contribution in [0.1, 0.15) is 18.4 Å². The van der Waals surface area contributed by atoms with Crippen LogP contribution < -0.4 is 4.90 Å². The van der Waals surface area contributed by atoms with Gasteiger partial charge in [-0.3, -0.25) is 9.79 Å². The van der Waals surface area contributed by atoms with Gasteiger partial charge in [0.1, 0.15) is 5.82 Å². The fourth-order valence-electron chi connectivity index (χ4n) is 3.77. The standard InChI is InChI=1S/C22H22FN3O3/c1-29-22(28)14-8-10-26(11-9-14)20-7-6-15(12-18(20)23)24-13-17-16-4-2-3-5-19(16)25-21(17)27/h2-7,12-14,25,27H,8-11H2,1H3. The number of nitrogens with one attached hydrogen (secondary N) is 1. The quantitative estimate of drug-likeness (QED) is 0.514. The zero-order valence-electron chi connectivity index (χ0n) is 16.1. The molecular formula is C22H22FN3O3. The van der Waals surface area contributed by atoms with Gasteiger partial charge in [0.2, 0.25) is 0 Å². The van der Waals surface area contributed by atoms with E-state index < -0.39 is 0 Å². The first kappa shape index (κ1) is 19.0. The number of aromatic hydroxyl groups is 1. The summed E-state index contributed by atoms with van der Waals surface area (Å²) in [5.74, 6) is -0.651. The smallest absolute Gasteiger partial charge is 0.308 e. The molecule has 2 heterocycles. The molecule has 1 aromatic heterocycles. The van der Waals surface area contributed by atoms with Crippen LogP contribution in [0.25, 0.3) is 10.9 Å². The molecule has 1 saturated heterocycles. The molecule has 0 amide bonds. The maximum atomic E-state index is 14.7. The maximum absolute atomic E-state index is 14.7. The van der Waals surface area contributed by atoms with Crippen LogP contribution in [0, 0.1) is 11.7 Å². The van der Waals surface area contributed by atoms with Crippen molar-refractivity contribution >= 4 is 34.5 Å². The molecule has 3 aromatic rings. The first-order valence-corrected chi connectivity index (χ1v) is 9.53. The van der Waals surface area contributed by atoms with Crippen molar-refractivity contribution in [2.45, 2.75) is 12.8 Å². The van der Waals surface area contributed by atoms with Crippen LogP contribution in [0.3, 0.4) is 0 Å². The molecule has 29 heavy (non-hydrogen) atoms. The van der Waals surface area contributed by atoms with Crippen molar-refractivity contribution in [1.29, 1.82) is 0 Å². The molecule has 0 unspecified atom stereocenters. The number of piperidine rings is 1. The predicted molar refractivity (Wildman–Crippen MR) is 111 cm³/mol. The van der Waals surface area contributed by atoms with Crippen LogP contribution in [0.5, 0.6) is 5.88 Å². The molecule has 0 spiro atoms.